The molecule has 1 aliphatic carbocycles. The Bertz CT molecular complexity index is 2180. The highest BCUT2D eigenvalue weighted by Gasteiger charge is 2.59. The Morgan fingerprint density at radius 1 is 0.839 bits per heavy atom. The summed E-state index contributed by atoms with van der Waals surface area (Å²) in [6.07, 6.45) is 7.19. The number of imide groups is 1. The van der Waals surface area contributed by atoms with Crippen LogP contribution in [0.1, 0.15) is 83.8 Å². The average Bonchev–Trinajstić information content (AvgIpc) is 3.52. The van der Waals surface area contributed by atoms with E-state index in [1.807, 2.05) is 30.3 Å². The predicted octanol–water partition coefficient (Wildman–Crippen LogP) is 8.39. The summed E-state index contributed by atoms with van der Waals surface area (Å²) < 4.78 is 14.2. The van der Waals surface area contributed by atoms with Crippen LogP contribution in [0.5, 0.6) is 5.75 Å². The van der Waals surface area contributed by atoms with Gasteiger partial charge in [0.2, 0.25) is 11.8 Å². The maximum absolute atomic E-state index is 14.9. The number of nitrogens with zero attached hydrogens (tertiary/aromatic N) is 2. The fourth-order valence-corrected chi connectivity index (χ4v) is 15.7. The summed E-state index contributed by atoms with van der Waals surface area (Å²) in [6, 6.07) is 38.8. The Balaban J connectivity index is 1.14. The number of phenols is 1. The van der Waals surface area contributed by atoms with Crippen molar-refractivity contribution in [1.29, 1.82) is 0 Å². The first-order valence-corrected chi connectivity index (χ1v) is 24.8. The van der Waals surface area contributed by atoms with E-state index in [2.05, 4.69) is 111 Å². The molecule has 4 aliphatic rings. The van der Waals surface area contributed by atoms with Crippen LogP contribution in [0.25, 0.3) is 6.08 Å². The van der Waals surface area contributed by atoms with Crippen molar-refractivity contribution < 1.29 is 28.8 Å². The van der Waals surface area contributed by atoms with Crippen molar-refractivity contribution in [3.63, 3.8) is 0 Å². The number of hydrogen-bond acceptors (Lipinski definition) is 7. The number of amides is 2. The molecule has 3 aliphatic heterocycles. The minimum atomic E-state index is -2.98. The summed E-state index contributed by atoms with van der Waals surface area (Å²) >= 11 is 0. The number of hydrogen-bond donors (Lipinski definition) is 2. The third kappa shape index (κ3) is 9.08. The molecule has 10 heteroatoms. The molecule has 0 radical (unpaired) electrons. The second kappa shape index (κ2) is 19.0. The molecule has 8 nitrogen and oxygen atoms in total. The van der Waals surface area contributed by atoms with Crippen LogP contribution in [0.3, 0.4) is 0 Å². The number of likely N-dealkylation sites (tertiary alicyclic amines) is 2. The standard InChI is InChI=1S/C52H63BN2O6Si/c1-5-15-37(32-38-22-25-42(56)26-23-38)24-27-47-48-40(36-60-62(52(2,3)4,43-18-11-7-12-19-43)44-20-13-8-14-21-44)33-45-49(46(48)34-53(59)61-47)51(58)55(50(45)57)41-28-30-54(31-29-41)35-39-16-9-6-10-17-39/h6-14,16-23,25-26,32,41,45-47,49,56,59H,5,15,24,27-31,33-36H2,1-4H3/b37-32+/t45-,46+,47-,49-/m1/s1. The van der Waals surface area contributed by atoms with Gasteiger partial charge in [-0.25, -0.2) is 0 Å². The van der Waals surface area contributed by atoms with Gasteiger partial charge in [0.25, 0.3) is 8.32 Å². The van der Waals surface area contributed by atoms with E-state index < -0.39 is 33.4 Å². The molecule has 0 saturated carbocycles. The van der Waals surface area contributed by atoms with Crippen molar-refractivity contribution >= 4 is 43.7 Å². The van der Waals surface area contributed by atoms with Gasteiger partial charge in [-0.05, 0) is 101 Å². The molecule has 62 heavy (non-hydrogen) atoms. The van der Waals surface area contributed by atoms with Crippen molar-refractivity contribution in [1.82, 2.24) is 9.80 Å². The van der Waals surface area contributed by atoms with Gasteiger partial charge in [-0.15, -0.1) is 0 Å². The first-order chi connectivity index (χ1) is 30.0. The number of carbonyl (C=O) groups excluding carboxylic acids is 2. The van der Waals surface area contributed by atoms with Gasteiger partial charge in [0, 0.05) is 25.7 Å². The van der Waals surface area contributed by atoms with Gasteiger partial charge in [-0.3, -0.25) is 19.4 Å². The van der Waals surface area contributed by atoms with Gasteiger partial charge in [0.15, 0.2) is 0 Å². The Morgan fingerprint density at radius 3 is 2.05 bits per heavy atom. The zero-order valence-corrected chi connectivity index (χ0v) is 37.9. The summed E-state index contributed by atoms with van der Waals surface area (Å²) in [6.45, 7) is 11.8. The van der Waals surface area contributed by atoms with Crippen molar-refractivity contribution in [2.24, 2.45) is 17.8 Å². The average molecular weight is 851 g/mol. The Labute approximate surface area is 369 Å². The van der Waals surface area contributed by atoms with E-state index in [4.69, 9.17) is 9.08 Å². The summed E-state index contributed by atoms with van der Waals surface area (Å²) in [4.78, 5) is 33.8. The molecule has 4 aromatic rings. The van der Waals surface area contributed by atoms with Crippen molar-refractivity contribution in [3.05, 3.63) is 143 Å². The Kier molecular flexibility index (Phi) is 13.5. The Hall–Kier alpha value is -4.58. The van der Waals surface area contributed by atoms with Crippen LogP contribution in [-0.4, -0.2) is 79.0 Å². The highest BCUT2D eigenvalue weighted by molar-refractivity contribution is 6.99. The lowest BCUT2D eigenvalue weighted by atomic mass is 9.58. The first-order valence-electron chi connectivity index (χ1n) is 22.9. The maximum atomic E-state index is 14.9. The lowest BCUT2D eigenvalue weighted by molar-refractivity contribution is -0.144. The number of piperidine rings is 1. The van der Waals surface area contributed by atoms with Crippen molar-refractivity contribution in [2.75, 3.05) is 19.7 Å². The molecule has 3 saturated heterocycles. The highest BCUT2D eigenvalue weighted by atomic mass is 28.4. The zero-order valence-electron chi connectivity index (χ0n) is 36.9. The summed E-state index contributed by atoms with van der Waals surface area (Å²) in [5.41, 5.74) is 5.64. The molecule has 0 bridgehead atoms. The largest absolute Gasteiger partial charge is 0.508 e. The monoisotopic (exact) mass is 850 g/mol. The zero-order chi connectivity index (χ0) is 43.4. The topological polar surface area (TPSA) is 99.5 Å². The van der Waals surface area contributed by atoms with Crippen LogP contribution in [0.2, 0.25) is 11.4 Å². The van der Waals surface area contributed by atoms with Gasteiger partial charge >= 0.3 is 7.12 Å². The predicted molar refractivity (Wildman–Crippen MR) is 250 cm³/mol. The molecule has 4 aromatic carbocycles. The number of rotatable bonds is 14. The maximum Gasteiger partial charge on any atom is 0.455 e. The molecular weight excluding hydrogens is 787 g/mol. The van der Waals surface area contributed by atoms with Gasteiger partial charge in [-0.2, -0.15) is 0 Å². The number of benzene rings is 4. The highest BCUT2D eigenvalue weighted by Crippen LogP contribution is 2.52. The van der Waals surface area contributed by atoms with E-state index in [0.29, 0.717) is 19.4 Å². The molecule has 4 atom stereocenters. The lowest BCUT2D eigenvalue weighted by Gasteiger charge is -2.46. The Morgan fingerprint density at radius 2 is 1.45 bits per heavy atom. The molecular formula is C52H63BN2O6Si. The van der Waals surface area contributed by atoms with Crippen LogP contribution in [0.4, 0.5) is 0 Å². The van der Waals surface area contributed by atoms with E-state index >= 15 is 0 Å². The third-order valence-corrected chi connectivity index (χ3v) is 18.9. The second-order valence-electron chi connectivity index (χ2n) is 19.0. The van der Waals surface area contributed by atoms with Crippen LogP contribution < -0.4 is 10.4 Å². The van der Waals surface area contributed by atoms with Crippen molar-refractivity contribution in [3.8, 4) is 5.75 Å². The molecule has 8 rings (SSSR count). The number of allylic oxidation sites excluding steroid dienone is 1. The van der Waals surface area contributed by atoms with Crippen molar-refractivity contribution in [2.45, 2.75) is 103 Å². The van der Waals surface area contributed by atoms with Crippen LogP contribution >= 0.6 is 0 Å². The van der Waals surface area contributed by atoms with E-state index in [-0.39, 0.29) is 40.9 Å². The number of phenolic OH excluding ortho intramolecular Hbond substituents is 1. The molecule has 2 N–H and O–H groups in total. The second-order valence-corrected chi connectivity index (χ2v) is 23.3. The smallest absolute Gasteiger partial charge is 0.455 e. The lowest BCUT2D eigenvalue weighted by Crippen LogP contribution is -2.66. The van der Waals surface area contributed by atoms with E-state index in [9.17, 15) is 19.7 Å². The quantitative estimate of drug-likeness (QED) is 0.0748. The van der Waals surface area contributed by atoms with E-state index in [0.717, 1.165) is 68.4 Å². The minimum absolute atomic E-state index is 0.0666. The molecule has 3 fully saturated rings. The van der Waals surface area contributed by atoms with Gasteiger partial charge in [0.05, 0.1) is 24.5 Å². The summed E-state index contributed by atoms with van der Waals surface area (Å²) in [5.74, 6) is -1.30. The third-order valence-electron chi connectivity index (χ3n) is 14.0. The fraction of sp³-hybridized carbons (Fsp3) is 0.423. The molecule has 0 aromatic heterocycles. The molecule has 324 valence electrons. The minimum Gasteiger partial charge on any atom is -0.508 e. The fourth-order valence-electron chi connectivity index (χ4n) is 11.1. The summed E-state index contributed by atoms with van der Waals surface area (Å²) in [7, 11) is -4.03. The van der Waals surface area contributed by atoms with Gasteiger partial charge < -0.3 is 19.2 Å². The van der Waals surface area contributed by atoms with Crippen LogP contribution in [-0.2, 0) is 25.2 Å². The van der Waals surface area contributed by atoms with Gasteiger partial charge in [-0.1, -0.05) is 149 Å². The van der Waals surface area contributed by atoms with Crippen LogP contribution in [0.15, 0.2) is 132 Å². The molecule has 3 heterocycles. The van der Waals surface area contributed by atoms with E-state index in [1.54, 1.807) is 17.0 Å². The SMILES string of the molecule is CCC/C(=C\c1ccc(O)cc1)CC[C@H]1OB(O)C[C@H]2C1=C(CO[Si](c1ccccc1)(c1ccccc1)C(C)(C)C)C[C@H]1C(=O)N(C3CCN(Cc4ccccc4)CC3)C(=O)[C@H]12. The normalized spacial score (nSPS) is 22.9. The number of aromatic hydroxyl groups is 1. The molecule has 2 amide bonds. The number of fused-ring (bicyclic) bond motifs is 3. The summed E-state index contributed by atoms with van der Waals surface area (Å²) in [5, 5.41) is 23.5. The number of carbonyl (C=O) groups is 2. The first kappa shape index (κ1) is 44.0. The molecule has 0 spiro atoms. The van der Waals surface area contributed by atoms with E-state index in [1.165, 1.54) is 21.5 Å². The van der Waals surface area contributed by atoms with Gasteiger partial charge in [0.1, 0.15) is 5.75 Å². The van der Waals surface area contributed by atoms with Crippen LogP contribution in [0, 0.1) is 17.8 Å². The molecule has 0 unspecified atom stereocenters.